The highest BCUT2D eigenvalue weighted by Gasteiger charge is 2.31. The van der Waals surface area contributed by atoms with E-state index in [2.05, 4.69) is 18.6 Å². The fourth-order valence-electron chi connectivity index (χ4n) is 2.69. The van der Waals surface area contributed by atoms with E-state index in [4.69, 9.17) is 0 Å². The maximum absolute atomic E-state index is 12.2. The molecule has 0 aromatic rings. The first-order valence-corrected chi connectivity index (χ1v) is 8.10. The van der Waals surface area contributed by atoms with Crippen LogP contribution in [0.5, 0.6) is 0 Å². The SMILES string of the molecule is CC(O)CC(C)NS(=O)(=O)N1CC(C)CC(C)C1. The van der Waals surface area contributed by atoms with Gasteiger partial charge in [0.05, 0.1) is 6.10 Å². The van der Waals surface area contributed by atoms with Crippen LogP contribution in [0.15, 0.2) is 0 Å². The largest absolute Gasteiger partial charge is 0.393 e. The molecule has 4 atom stereocenters. The molecule has 0 bridgehead atoms. The number of aliphatic hydroxyl groups excluding tert-OH is 1. The molecule has 1 saturated heterocycles. The van der Waals surface area contributed by atoms with Crippen molar-refractivity contribution in [2.75, 3.05) is 13.1 Å². The number of hydrogen-bond donors (Lipinski definition) is 2. The predicted octanol–water partition coefficient (Wildman–Crippen LogP) is 0.958. The summed E-state index contributed by atoms with van der Waals surface area (Å²) in [5.74, 6) is 0.801. The molecule has 0 aromatic heterocycles. The molecule has 18 heavy (non-hydrogen) atoms. The molecule has 0 radical (unpaired) electrons. The van der Waals surface area contributed by atoms with Gasteiger partial charge in [-0.1, -0.05) is 13.8 Å². The fourth-order valence-corrected chi connectivity index (χ4v) is 4.35. The normalized spacial score (nSPS) is 30.1. The van der Waals surface area contributed by atoms with Gasteiger partial charge in [-0.05, 0) is 38.5 Å². The summed E-state index contributed by atoms with van der Waals surface area (Å²) in [4.78, 5) is 0. The minimum atomic E-state index is -3.42. The Kier molecular flexibility index (Phi) is 5.58. The second-order valence-electron chi connectivity index (χ2n) is 5.87. The number of piperidine rings is 1. The lowest BCUT2D eigenvalue weighted by atomic mass is 9.94. The van der Waals surface area contributed by atoms with Crippen LogP contribution in [0.4, 0.5) is 0 Å². The van der Waals surface area contributed by atoms with Crippen LogP contribution in [0.3, 0.4) is 0 Å². The second-order valence-corrected chi connectivity index (χ2v) is 7.57. The van der Waals surface area contributed by atoms with Gasteiger partial charge in [0.2, 0.25) is 0 Å². The maximum Gasteiger partial charge on any atom is 0.279 e. The second kappa shape index (κ2) is 6.32. The molecule has 1 fully saturated rings. The molecule has 0 saturated carbocycles. The molecule has 2 N–H and O–H groups in total. The summed E-state index contributed by atoms with van der Waals surface area (Å²) in [6, 6.07) is -0.248. The van der Waals surface area contributed by atoms with Crippen LogP contribution in [0.1, 0.15) is 40.5 Å². The fraction of sp³-hybridized carbons (Fsp3) is 1.00. The lowest BCUT2D eigenvalue weighted by Gasteiger charge is -2.34. The monoisotopic (exact) mass is 278 g/mol. The Labute approximate surface area is 111 Å². The molecule has 1 aliphatic rings. The maximum atomic E-state index is 12.2. The van der Waals surface area contributed by atoms with Gasteiger partial charge in [0.1, 0.15) is 0 Å². The Morgan fingerprint density at radius 2 is 1.78 bits per heavy atom. The zero-order valence-corrected chi connectivity index (χ0v) is 12.6. The molecule has 108 valence electrons. The van der Waals surface area contributed by atoms with Crippen molar-refractivity contribution < 1.29 is 13.5 Å². The zero-order chi connectivity index (χ0) is 13.9. The molecule has 0 aromatic carbocycles. The third kappa shape index (κ3) is 4.84. The van der Waals surface area contributed by atoms with Crippen LogP contribution >= 0.6 is 0 Å². The summed E-state index contributed by atoms with van der Waals surface area (Å²) in [6.07, 6.45) is 1.01. The van der Waals surface area contributed by atoms with Gasteiger partial charge in [0.25, 0.3) is 10.2 Å². The van der Waals surface area contributed by atoms with E-state index in [0.717, 1.165) is 6.42 Å². The minimum absolute atomic E-state index is 0.248. The zero-order valence-electron chi connectivity index (χ0n) is 11.8. The van der Waals surface area contributed by atoms with E-state index in [9.17, 15) is 13.5 Å². The average molecular weight is 278 g/mol. The number of hydrogen-bond acceptors (Lipinski definition) is 3. The third-order valence-electron chi connectivity index (χ3n) is 3.22. The summed E-state index contributed by atoms with van der Waals surface area (Å²) >= 11 is 0. The van der Waals surface area contributed by atoms with E-state index < -0.39 is 16.3 Å². The standard InChI is InChI=1S/C12H26N2O3S/c1-9-5-10(2)8-14(7-9)18(16,17)13-11(3)6-12(4)15/h9-13,15H,5-8H2,1-4H3. The van der Waals surface area contributed by atoms with Crippen LogP contribution in [0.2, 0.25) is 0 Å². The van der Waals surface area contributed by atoms with Crippen molar-refractivity contribution in [2.24, 2.45) is 11.8 Å². The molecule has 4 unspecified atom stereocenters. The van der Waals surface area contributed by atoms with Crippen molar-refractivity contribution in [1.82, 2.24) is 9.03 Å². The average Bonchev–Trinajstić information content (AvgIpc) is 2.13. The Morgan fingerprint density at radius 1 is 1.28 bits per heavy atom. The first-order valence-electron chi connectivity index (χ1n) is 6.66. The lowest BCUT2D eigenvalue weighted by molar-refractivity contribution is 0.173. The summed E-state index contributed by atoms with van der Waals surface area (Å²) in [6.45, 7) is 8.77. The molecular weight excluding hydrogens is 252 g/mol. The number of aliphatic hydroxyl groups is 1. The van der Waals surface area contributed by atoms with Gasteiger partial charge >= 0.3 is 0 Å². The minimum Gasteiger partial charge on any atom is -0.393 e. The van der Waals surface area contributed by atoms with Crippen LogP contribution in [-0.2, 0) is 10.2 Å². The summed E-state index contributed by atoms with van der Waals surface area (Å²) in [5.41, 5.74) is 0. The van der Waals surface area contributed by atoms with Gasteiger partial charge in [0.15, 0.2) is 0 Å². The van der Waals surface area contributed by atoms with Crippen molar-refractivity contribution in [1.29, 1.82) is 0 Å². The number of nitrogens with zero attached hydrogens (tertiary/aromatic N) is 1. The molecule has 0 aliphatic carbocycles. The topological polar surface area (TPSA) is 69.6 Å². The number of nitrogens with one attached hydrogen (secondary N) is 1. The quantitative estimate of drug-likeness (QED) is 0.787. The van der Waals surface area contributed by atoms with Crippen LogP contribution < -0.4 is 4.72 Å². The molecule has 1 rings (SSSR count). The summed E-state index contributed by atoms with van der Waals surface area (Å²) in [5, 5.41) is 9.27. The highest BCUT2D eigenvalue weighted by atomic mass is 32.2. The van der Waals surface area contributed by atoms with E-state index in [1.165, 1.54) is 4.31 Å². The van der Waals surface area contributed by atoms with Crippen molar-refractivity contribution in [2.45, 2.75) is 52.7 Å². The van der Waals surface area contributed by atoms with Crippen LogP contribution in [0.25, 0.3) is 0 Å². The third-order valence-corrected chi connectivity index (χ3v) is 4.90. The van der Waals surface area contributed by atoms with Crippen molar-refractivity contribution >= 4 is 10.2 Å². The van der Waals surface area contributed by atoms with Crippen LogP contribution in [0, 0.1) is 11.8 Å². The molecule has 0 amide bonds. The summed E-state index contributed by atoms with van der Waals surface area (Å²) in [7, 11) is -3.42. The van der Waals surface area contributed by atoms with E-state index in [-0.39, 0.29) is 6.04 Å². The van der Waals surface area contributed by atoms with E-state index >= 15 is 0 Å². The van der Waals surface area contributed by atoms with Crippen molar-refractivity contribution in [3.05, 3.63) is 0 Å². The smallest absolute Gasteiger partial charge is 0.279 e. The van der Waals surface area contributed by atoms with Gasteiger partial charge in [-0.15, -0.1) is 0 Å². The molecule has 5 nitrogen and oxygen atoms in total. The van der Waals surface area contributed by atoms with Gasteiger partial charge in [-0.25, -0.2) is 0 Å². The van der Waals surface area contributed by atoms with Crippen molar-refractivity contribution in [3.8, 4) is 0 Å². The molecular formula is C12H26N2O3S. The van der Waals surface area contributed by atoms with Crippen LogP contribution in [-0.4, -0.2) is 43.1 Å². The predicted molar refractivity (Wildman–Crippen MR) is 72.3 cm³/mol. The first kappa shape index (κ1) is 15.9. The van der Waals surface area contributed by atoms with E-state index in [0.29, 0.717) is 31.3 Å². The van der Waals surface area contributed by atoms with E-state index in [1.807, 2.05) is 0 Å². The van der Waals surface area contributed by atoms with Gasteiger partial charge in [-0.2, -0.15) is 17.4 Å². The lowest BCUT2D eigenvalue weighted by Crippen LogP contribution is -2.50. The Hall–Kier alpha value is -0.170. The van der Waals surface area contributed by atoms with Gasteiger partial charge in [-0.3, -0.25) is 0 Å². The molecule has 0 spiro atoms. The highest BCUT2D eigenvalue weighted by Crippen LogP contribution is 2.22. The Bertz CT molecular complexity index is 346. The molecule has 6 heteroatoms. The van der Waals surface area contributed by atoms with Gasteiger partial charge < -0.3 is 5.11 Å². The molecule has 1 aliphatic heterocycles. The first-order chi connectivity index (χ1) is 8.20. The highest BCUT2D eigenvalue weighted by molar-refractivity contribution is 7.87. The Balaban J connectivity index is 2.62. The Morgan fingerprint density at radius 3 is 2.22 bits per heavy atom. The number of rotatable bonds is 5. The van der Waals surface area contributed by atoms with E-state index in [1.54, 1.807) is 13.8 Å². The van der Waals surface area contributed by atoms with Gasteiger partial charge in [0, 0.05) is 19.1 Å². The van der Waals surface area contributed by atoms with Crippen molar-refractivity contribution in [3.63, 3.8) is 0 Å². The molecule has 1 heterocycles. The summed E-state index contributed by atoms with van der Waals surface area (Å²) < 4.78 is 28.6.